The maximum atomic E-state index is 12.3. The number of nitrogens with one attached hydrogen (secondary N) is 3. The molecule has 0 saturated heterocycles. The minimum absolute atomic E-state index is 0.00704. The van der Waals surface area contributed by atoms with Crippen molar-refractivity contribution in [1.82, 2.24) is 20.4 Å². The molecule has 0 radical (unpaired) electrons. The van der Waals surface area contributed by atoms with E-state index in [2.05, 4.69) is 15.8 Å². The lowest BCUT2D eigenvalue weighted by atomic mass is 10.1. The van der Waals surface area contributed by atoms with Gasteiger partial charge in [-0.3, -0.25) is 30.0 Å². The lowest BCUT2D eigenvalue weighted by molar-refractivity contribution is 0.0845. The van der Waals surface area contributed by atoms with Crippen LogP contribution < -0.4 is 22.0 Å². The first kappa shape index (κ1) is 17.9. The molecule has 3 rings (SSSR count). The van der Waals surface area contributed by atoms with Gasteiger partial charge in [0.25, 0.3) is 11.8 Å². The van der Waals surface area contributed by atoms with E-state index < -0.39 is 22.9 Å². The molecule has 1 aromatic heterocycles. The molecule has 9 heteroatoms. The van der Waals surface area contributed by atoms with Crippen LogP contribution in [-0.2, 0) is 6.54 Å². The first-order valence-electron chi connectivity index (χ1n) is 8.08. The molecule has 0 spiro atoms. The van der Waals surface area contributed by atoms with Crippen molar-refractivity contribution >= 4 is 22.8 Å². The fraction of sp³-hybridized carbons (Fsp3) is 0.111. The van der Waals surface area contributed by atoms with Crippen molar-refractivity contribution in [2.75, 3.05) is 0 Å². The number of para-hydroxylation sites is 1. The molecule has 9 nitrogen and oxygen atoms in total. The zero-order valence-electron chi connectivity index (χ0n) is 14.3. The summed E-state index contributed by atoms with van der Waals surface area (Å²) in [5.74, 6) is -1.53. The highest BCUT2D eigenvalue weighted by atomic mass is 16.3. The number of aryl methyl sites for hydroxylation is 1. The Bertz CT molecular complexity index is 1160. The Kier molecular flexibility index (Phi) is 4.75. The quantitative estimate of drug-likeness (QED) is 0.394. The van der Waals surface area contributed by atoms with Crippen LogP contribution in [0.5, 0.6) is 5.75 Å². The molecule has 0 aliphatic heterocycles. The van der Waals surface area contributed by atoms with Crippen LogP contribution in [0.1, 0.15) is 27.6 Å². The third-order valence-electron chi connectivity index (χ3n) is 3.99. The summed E-state index contributed by atoms with van der Waals surface area (Å²) in [5.41, 5.74) is 3.96. The zero-order valence-corrected chi connectivity index (χ0v) is 14.3. The molecule has 2 aromatic carbocycles. The Morgan fingerprint density at radius 3 is 2.48 bits per heavy atom. The van der Waals surface area contributed by atoms with Gasteiger partial charge in [-0.1, -0.05) is 12.1 Å². The fourth-order valence-corrected chi connectivity index (χ4v) is 2.65. The molecule has 0 aliphatic carbocycles. The van der Waals surface area contributed by atoms with Crippen molar-refractivity contribution in [3.8, 4) is 5.75 Å². The molecular formula is C18H16N4O5. The van der Waals surface area contributed by atoms with Crippen LogP contribution in [0.25, 0.3) is 11.0 Å². The first-order valence-corrected chi connectivity index (χ1v) is 8.08. The number of carbonyl (C=O) groups excluding carboxylic acids is 2. The summed E-state index contributed by atoms with van der Waals surface area (Å²) in [7, 11) is 0. The number of benzene rings is 2. The van der Waals surface area contributed by atoms with Gasteiger partial charge >= 0.3 is 11.1 Å². The lowest BCUT2D eigenvalue weighted by Crippen LogP contribution is -2.41. The summed E-state index contributed by atoms with van der Waals surface area (Å²) < 4.78 is 1.30. The number of phenolic OH excluding ortho intramolecular Hbond substituents is 1. The fourth-order valence-electron chi connectivity index (χ4n) is 2.65. The van der Waals surface area contributed by atoms with Gasteiger partial charge in [-0.2, -0.15) is 0 Å². The minimum Gasteiger partial charge on any atom is -0.507 e. The molecule has 3 aromatic rings. The number of H-pyrrole nitrogens is 1. The van der Waals surface area contributed by atoms with Gasteiger partial charge in [-0.05, 0) is 37.3 Å². The second kappa shape index (κ2) is 7.16. The van der Waals surface area contributed by atoms with E-state index >= 15 is 0 Å². The summed E-state index contributed by atoms with van der Waals surface area (Å²) in [4.78, 5) is 50.3. The topological polar surface area (TPSA) is 133 Å². The number of amides is 2. The van der Waals surface area contributed by atoms with Crippen LogP contribution in [0.15, 0.2) is 52.1 Å². The van der Waals surface area contributed by atoms with E-state index in [9.17, 15) is 24.3 Å². The van der Waals surface area contributed by atoms with Crippen molar-refractivity contribution in [2.45, 2.75) is 13.5 Å². The van der Waals surface area contributed by atoms with Gasteiger partial charge in [0, 0.05) is 12.1 Å². The molecule has 2 amide bonds. The lowest BCUT2D eigenvalue weighted by Gasteiger charge is -2.10. The number of aromatic amines is 1. The Morgan fingerprint density at radius 1 is 1.07 bits per heavy atom. The molecule has 0 atom stereocenters. The number of rotatable bonds is 3. The molecule has 138 valence electrons. The predicted octanol–water partition coefficient (Wildman–Crippen LogP) is 0.490. The van der Waals surface area contributed by atoms with Crippen LogP contribution in [0.4, 0.5) is 0 Å². The second-order valence-corrected chi connectivity index (χ2v) is 5.66. The molecule has 0 aliphatic rings. The number of aromatic hydroxyl groups is 1. The average Bonchev–Trinajstić information content (AvgIpc) is 2.67. The second-order valence-electron chi connectivity index (χ2n) is 5.66. The average molecular weight is 368 g/mol. The third kappa shape index (κ3) is 3.43. The van der Waals surface area contributed by atoms with E-state index in [1.807, 2.05) is 0 Å². The summed E-state index contributed by atoms with van der Waals surface area (Å²) in [6, 6.07) is 10.3. The van der Waals surface area contributed by atoms with Gasteiger partial charge in [0.1, 0.15) is 5.75 Å². The SMILES string of the molecule is CCn1c(=O)c(=O)[nH]c2cc(C(=O)NNC(=O)c3ccccc3O)ccc21. The smallest absolute Gasteiger partial charge is 0.316 e. The standard InChI is InChI=1S/C18H16N4O5/c1-2-22-13-8-7-10(9-12(13)19-17(26)18(22)27)15(24)20-21-16(25)11-5-3-4-6-14(11)23/h3-9,23H,2H2,1H3,(H,19,26)(H,20,24)(H,21,25). The van der Waals surface area contributed by atoms with Gasteiger partial charge in [0.15, 0.2) is 0 Å². The number of aromatic nitrogens is 2. The van der Waals surface area contributed by atoms with Crippen LogP contribution in [0.2, 0.25) is 0 Å². The molecule has 0 fully saturated rings. The first-order chi connectivity index (χ1) is 12.9. The van der Waals surface area contributed by atoms with Crippen molar-refractivity contribution in [3.05, 3.63) is 74.3 Å². The summed E-state index contributed by atoms with van der Waals surface area (Å²) >= 11 is 0. The molecule has 27 heavy (non-hydrogen) atoms. The monoisotopic (exact) mass is 368 g/mol. The molecule has 0 saturated carbocycles. The van der Waals surface area contributed by atoms with Gasteiger partial charge in [-0.15, -0.1) is 0 Å². The third-order valence-corrected chi connectivity index (χ3v) is 3.99. The number of hydrogen-bond acceptors (Lipinski definition) is 5. The van der Waals surface area contributed by atoms with Crippen molar-refractivity contribution in [3.63, 3.8) is 0 Å². The van der Waals surface area contributed by atoms with Crippen LogP contribution >= 0.6 is 0 Å². The van der Waals surface area contributed by atoms with E-state index in [0.717, 1.165) is 0 Å². The van der Waals surface area contributed by atoms with Crippen LogP contribution in [-0.4, -0.2) is 26.5 Å². The number of fused-ring (bicyclic) bond motifs is 1. The zero-order chi connectivity index (χ0) is 19.6. The Labute approximate surface area is 152 Å². The molecule has 0 bridgehead atoms. The Morgan fingerprint density at radius 2 is 1.78 bits per heavy atom. The van der Waals surface area contributed by atoms with Crippen LogP contribution in [0, 0.1) is 0 Å². The number of nitrogens with zero attached hydrogens (tertiary/aromatic N) is 1. The highest BCUT2D eigenvalue weighted by Crippen LogP contribution is 2.15. The predicted molar refractivity (Wildman–Crippen MR) is 97.5 cm³/mol. The minimum atomic E-state index is -0.783. The molecule has 0 unspecified atom stereocenters. The van der Waals surface area contributed by atoms with Crippen molar-refractivity contribution in [1.29, 1.82) is 0 Å². The van der Waals surface area contributed by atoms with E-state index in [4.69, 9.17) is 0 Å². The number of phenols is 1. The van der Waals surface area contributed by atoms with Crippen molar-refractivity contribution < 1.29 is 14.7 Å². The molecule has 4 N–H and O–H groups in total. The molecular weight excluding hydrogens is 352 g/mol. The van der Waals surface area contributed by atoms with E-state index in [0.29, 0.717) is 17.6 Å². The maximum absolute atomic E-state index is 12.3. The maximum Gasteiger partial charge on any atom is 0.316 e. The Hall–Kier alpha value is -3.88. The van der Waals surface area contributed by atoms with E-state index in [-0.39, 0.29) is 16.9 Å². The van der Waals surface area contributed by atoms with Gasteiger partial charge in [0.05, 0.1) is 16.6 Å². The summed E-state index contributed by atoms with van der Waals surface area (Å²) in [6.45, 7) is 2.04. The summed E-state index contributed by atoms with van der Waals surface area (Å²) in [6.07, 6.45) is 0. The summed E-state index contributed by atoms with van der Waals surface area (Å²) in [5, 5.41) is 9.64. The van der Waals surface area contributed by atoms with Crippen LogP contribution in [0.3, 0.4) is 0 Å². The Balaban J connectivity index is 1.83. The van der Waals surface area contributed by atoms with Gasteiger partial charge in [0.2, 0.25) is 0 Å². The normalized spacial score (nSPS) is 10.6. The largest absolute Gasteiger partial charge is 0.507 e. The van der Waals surface area contributed by atoms with Crippen molar-refractivity contribution in [2.24, 2.45) is 0 Å². The van der Waals surface area contributed by atoms with E-state index in [1.54, 1.807) is 19.1 Å². The van der Waals surface area contributed by atoms with Gasteiger partial charge < -0.3 is 14.7 Å². The van der Waals surface area contributed by atoms with Gasteiger partial charge in [-0.25, -0.2) is 0 Å². The highest BCUT2D eigenvalue weighted by molar-refractivity contribution is 6.01. The number of hydrogen-bond donors (Lipinski definition) is 4. The number of hydrazine groups is 1. The molecule has 1 heterocycles. The number of carbonyl (C=O) groups is 2. The van der Waals surface area contributed by atoms with E-state index in [1.165, 1.54) is 34.9 Å². The highest BCUT2D eigenvalue weighted by Gasteiger charge is 2.13.